The first-order valence-corrected chi connectivity index (χ1v) is 11.5. The topological polar surface area (TPSA) is 53.1 Å². The molecule has 0 bridgehead atoms. The Morgan fingerprint density at radius 3 is 2.39 bits per heavy atom. The molecule has 166 valence electrons. The summed E-state index contributed by atoms with van der Waals surface area (Å²) in [5.74, 6) is 2.46. The molecule has 2 N–H and O–H groups in total. The number of rotatable bonds is 7. The maximum atomic E-state index is 4.79. The second kappa shape index (κ2) is 10.9. The zero-order valence-electron chi connectivity index (χ0n) is 17.7. The van der Waals surface area contributed by atoms with Crippen LogP contribution in [0.4, 0.5) is 11.8 Å². The van der Waals surface area contributed by atoms with Crippen molar-refractivity contribution in [3.63, 3.8) is 0 Å². The van der Waals surface area contributed by atoms with Gasteiger partial charge >= 0.3 is 0 Å². The second-order valence-corrected chi connectivity index (χ2v) is 9.32. The Balaban J connectivity index is 0.00000272. The first-order valence-electron chi connectivity index (χ1n) is 10.7. The molecule has 0 saturated heterocycles. The summed E-state index contributed by atoms with van der Waals surface area (Å²) in [6.07, 6.45) is 4.80. The van der Waals surface area contributed by atoms with Gasteiger partial charge in [-0.2, -0.15) is 4.98 Å². The van der Waals surface area contributed by atoms with E-state index in [0.29, 0.717) is 6.04 Å². The van der Waals surface area contributed by atoms with Gasteiger partial charge in [-0.1, -0.05) is 47.6 Å². The number of hydrogen-bond acceptors (Lipinski definition) is 5. The van der Waals surface area contributed by atoms with Gasteiger partial charge in [-0.05, 0) is 68.0 Å². The van der Waals surface area contributed by atoms with E-state index < -0.39 is 0 Å². The van der Waals surface area contributed by atoms with Crippen LogP contribution in [0.2, 0.25) is 0 Å². The van der Waals surface area contributed by atoms with Crippen molar-refractivity contribution in [3.05, 3.63) is 58.6 Å². The summed E-state index contributed by atoms with van der Waals surface area (Å²) in [6, 6.07) is 17.2. The van der Waals surface area contributed by atoms with Crippen LogP contribution in [0.3, 0.4) is 0 Å². The number of fused-ring (bicyclic) bond motifs is 1. The molecule has 0 aliphatic heterocycles. The Bertz CT molecular complexity index is 965. The van der Waals surface area contributed by atoms with E-state index in [1.165, 1.54) is 18.4 Å². The summed E-state index contributed by atoms with van der Waals surface area (Å²) in [5, 5.41) is 8.32. The molecule has 0 atom stereocenters. The van der Waals surface area contributed by atoms with E-state index in [9.17, 15) is 0 Å². The minimum Gasteiger partial charge on any atom is -0.362 e. The maximum absolute atomic E-state index is 4.79. The summed E-state index contributed by atoms with van der Waals surface area (Å²) in [5.41, 5.74) is 2.32. The zero-order chi connectivity index (χ0) is 20.9. The van der Waals surface area contributed by atoms with Gasteiger partial charge in [-0.15, -0.1) is 0 Å². The molecule has 0 amide bonds. The molecule has 0 spiro atoms. The van der Waals surface area contributed by atoms with Crippen molar-refractivity contribution in [2.45, 2.75) is 45.7 Å². The Morgan fingerprint density at radius 1 is 0.968 bits per heavy atom. The van der Waals surface area contributed by atoms with E-state index >= 15 is 0 Å². The molecule has 2 aromatic carbocycles. The summed E-state index contributed by atoms with van der Waals surface area (Å²) in [7, 11) is 4.07. The highest BCUT2D eigenvalue weighted by atomic mass is 79.9. The van der Waals surface area contributed by atoms with Crippen molar-refractivity contribution >= 4 is 38.6 Å². The SMILES string of the molecule is C.CN(C)c1nc(NC2CCC(CNCc3ccc(Br)cc3)CC2)nc2ccccc12. The fourth-order valence-corrected chi connectivity index (χ4v) is 4.45. The number of para-hydroxylation sites is 1. The van der Waals surface area contributed by atoms with Crippen LogP contribution in [0, 0.1) is 5.92 Å². The quantitative estimate of drug-likeness (QED) is 0.440. The smallest absolute Gasteiger partial charge is 0.225 e. The molecule has 5 nitrogen and oxygen atoms in total. The number of halogens is 1. The molecule has 1 aliphatic rings. The third kappa shape index (κ3) is 6.17. The molecule has 4 rings (SSSR count). The van der Waals surface area contributed by atoms with E-state index in [2.05, 4.69) is 67.9 Å². The normalized spacial score (nSPS) is 18.4. The lowest BCUT2D eigenvalue weighted by Gasteiger charge is -2.29. The van der Waals surface area contributed by atoms with E-state index in [1.807, 2.05) is 26.2 Å². The highest BCUT2D eigenvalue weighted by Crippen LogP contribution is 2.28. The highest BCUT2D eigenvalue weighted by molar-refractivity contribution is 9.10. The summed E-state index contributed by atoms with van der Waals surface area (Å²) in [6.45, 7) is 2.02. The van der Waals surface area contributed by atoms with Crippen LogP contribution in [0.1, 0.15) is 38.7 Å². The Morgan fingerprint density at radius 2 is 1.68 bits per heavy atom. The van der Waals surface area contributed by atoms with Crippen LogP contribution >= 0.6 is 15.9 Å². The van der Waals surface area contributed by atoms with Crippen molar-refractivity contribution < 1.29 is 0 Å². The molecule has 1 saturated carbocycles. The third-order valence-corrected chi connectivity index (χ3v) is 6.39. The third-order valence-electron chi connectivity index (χ3n) is 5.86. The van der Waals surface area contributed by atoms with E-state index in [-0.39, 0.29) is 7.43 Å². The predicted molar refractivity (Wildman–Crippen MR) is 136 cm³/mol. The molecular formula is C25H34BrN5. The molecule has 1 aromatic heterocycles. The van der Waals surface area contributed by atoms with Crippen molar-refractivity contribution in [3.8, 4) is 0 Å². The lowest BCUT2D eigenvalue weighted by atomic mass is 9.86. The number of aromatic nitrogens is 2. The monoisotopic (exact) mass is 483 g/mol. The van der Waals surface area contributed by atoms with Crippen LogP contribution in [-0.2, 0) is 6.54 Å². The molecule has 0 radical (unpaired) electrons. The molecule has 3 aromatic rings. The van der Waals surface area contributed by atoms with Crippen LogP contribution in [0.25, 0.3) is 10.9 Å². The first kappa shape index (κ1) is 23.5. The largest absolute Gasteiger partial charge is 0.362 e. The van der Waals surface area contributed by atoms with Crippen molar-refractivity contribution in [2.75, 3.05) is 30.9 Å². The van der Waals surface area contributed by atoms with Gasteiger partial charge in [0.2, 0.25) is 5.95 Å². The van der Waals surface area contributed by atoms with Gasteiger partial charge < -0.3 is 15.5 Å². The number of nitrogens with zero attached hydrogens (tertiary/aromatic N) is 3. The predicted octanol–water partition coefficient (Wildman–Crippen LogP) is 5.85. The van der Waals surface area contributed by atoms with Crippen LogP contribution in [0.5, 0.6) is 0 Å². The number of anilines is 2. The van der Waals surface area contributed by atoms with Gasteiger partial charge in [-0.25, -0.2) is 4.98 Å². The molecule has 6 heteroatoms. The van der Waals surface area contributed by atoms with Crippen molar-refractivity contribution in [1.29, 1.82) is 0 Å². The Labute approximate surface area is 194 Å². The van der Waals surface area contributed by atoms with E-state index in [1.54, 1.807) is 0 Å². The lowest BCUT2D eigenvalue weighted by Crippen LogP contribution is -2.31. The molecule has 1 fully saturated rings. The van der Waals surface area contributed by atoms with E-state index in [0.717, 1.165) is 59.0 Å². The van der Waals surface area contributed by atoms with Crippen LogP contribution in [0.15, 0.2) is 53.0 Å². The van der Waals surface area contributed by atoms with Crippen LogP contribution < -0.4 is 15.5 Å². The van der Waals surface area contributed by atoms with Gasteiger partial charge in [0.1, 0.15) is 5.82 Å². The fraction of sp³-hybridized carbons (Fsp3) is 0.440. The van der Waals surface area contributed by atoms with Gasteiger partial charge in [0.05, 0.1) is 5.52 Å². The molecular weight excluding hydrogens is 450 g/mol. The fourth-order valence-electron chi connectivity index (χ4n) is 4.18. The van der Waals surface area contributed by atoms with Gasteiger partial charge in [0, 0.05) is 36.5 Å². The lowest BCUT2D eigenvalue weighted by molar-refractivity contribution is 0.324. The Hall–Kier alpha value is -2.18. The zero-order valence-corrected chi connectivity index (χ0v) is 19.3. The Kier molecular flexibility index (Phi) is 8.27. The summed E-state index contributed by atoms with van der Waals surface area (Å²) in [4.78, 5) is 11.6. The standard InChI is InChI=1S/C24H30BrN5.CH4/c1-30(2)23-21-5-3-4-6-22(21)28-24(29-23)27-20-13-9-18(10-14-20)16-26-15-17-7-11-19(25)12-8-17;/h3-8,11-12,18,20,26H,9-10,13-16H2,1-2H3,(H,27,28,29);1H4. The number of hydrogen-bond donors (Lipinski definition) is 2. The number of benzene rings is 2. The second-order valence-electron chi connectivity index (χ2n) is 8.40. The summed E-state index contributed by atoms with van der Waals surface area (Å²) >= 11 is 3.49. The average Bonchev–Trinajstić information content (AvgIpc) is 2.76. The van der Waals surface area contributed by atoms with Gasteiger partial charge in [0.25, 0.3) is 0 Å². The first-order chi connectivity index (χ1) is 14.6. The molecule has 1 heterocycles. The van der Waals surface area contributed by atoms with Crippen molar-refractivity contribution in [1.82, 2.24) is 15.3 Å². The number of nitrogens with one attached hydrogen (secondary N) is 2. The molecule has 31 heavy (non-hydrogen) atoms. The molecule has 0 unspecified atom stereocenters. The van der Waals surface area contributed by atoms with Gasteiger partial charge in [0.15, 0.2) is 0 Å². The molecule has 1 aliphatic carbocycles. The highest BCUT2D eigenvalue weighted by Gasteiger charge is 2.22. The van der Waals surface area contributed by atoms with Crippen molar-refractivity contribution in [2.24, 2.45) is 5.92 Å². The minimum atomic E-state index is 0. The summed E-state index contributed by atoms with van der Waals surface area (Å²) < 4.78 is 1.13. The van der Waals surface area contributed by atoms with Crippen LogP contribution in [-0.4, -0.2) is 36.6 Å². The van der Waals surface area contributed by atoms with E-state index in [4.69, 9.17) is 9.97 Å². The van der Waals surface area contributed by atoms with Gasteiger partial charge in [-0.3, -0.25) is 0 Å². The minimum absolute atomic E-state index is 0. The average molecular weight is 484 g/mol. The maximum Gasteiger partial charge on any atom is 0.225 e.